The van der Waals surface area contributed by atoms with Gasteiger partial charge in [-0.3, -0.25) is 4.79 Å². The van der Waals surface area contributed by atoms with E-state index in [1.807, 2.05) is 72.3 Å². The monoisotopic (exact) mass is 412 g/mol. The molecule has 0 saturated carbocycles. The Morgan fingerprint density at radius 1 is 1.10 bits per heavy atom. The van der Waals surface area contributed by atoms with Crippen molar-refractivity contribution in [1.29, 1.82) is 0 Å². The fraction of sp³-hybridized carbons (Fsp3) is 0.238. The van der Waals surface area contributed by atoms with E-state index < -0.39 is 10.0 Å². The van der Waals surface area contributed by atoms with Gasteiger partial charge in [-0.2, -0.15) is 4.31 Å². The third kappa shape index (κ3) is 5.52. The molecule has 0 fully saturated rings. The van der Waals surface area contributed by atoms with Gasteiger partial charge in [0.2, 0.25) is 15.9 Å². The van der Waals surface area contributed by atoms with E-state index in [2.05, 4.69) is 10.3 Å². The Labute approximate surface area is 171 Å². The third-order valence-corrected chi connectivity index (χ3v) is 5.74. The van der Waals surface area contributed by atoms with Crippen molar-refractivity contribution in [2.75, 3.05) is 12.8 Å². The molecule has 0 bridgehead atoms. The summed E-state index contributed by atoms with van der Waals surface area (Å²) in [7, 11) is -3.53. The van der Waals surface area contributed by atoms with Gasteiger partial charge in [0.25, 0.3) is 0 Å². The van der Waals surface area contributed by atoms with Gasteiger partial charge in [0.1, 0.15) is 5.82 Å². The average molecular weight is 413 g/mol. The Balaban J connectivity index is 1.68. The summed E-state index contributed by atoms with van der Waals surface area (Å²) in [5.74, 6) is 0.485. The number of nitrogens with zero attached hydrogens (tertiary/aromatic N) is 3. The van der Waals surface area contributed by atoms with E-state index in [1.54, 1.807) is 6.20 Å². The van der Waals surface area contributed by atoms with Gasteiger partial charge in [-0.05, 0) is 24.1 Å². The van der Waals surface area contributed by atoms with Crippen molar-refractivity contribution in [3.05, 3.63) is 83.9 Å². The van der Waals surface area contributed by atoms with Crippen LogP contribution in [-0.2, 0) is 27.9 Å². The number of hydrogen-bond donors (Lipinski definition) is 1. The number of sulfonamides is 1. The summed E-state index contributed by atoms with van der Waals surface area (Å²) in [4.78, 5) is 16.7. The third-order valence-electron chi connectivity index (χ3n) is 4.54. The Morgan fingerprint density at radius 3 is 2.45 bits per heavy atom. The van der Waals surface area contributed by atoms with Crippen molar-refractivity contribution < 1.29 is 13.2 Å². The van der Waals surface area contributed by atoms with Crippen molar-refractivity contribution in [1.82, 2.24) is 19.2 Å². The van der Waals surface area contributed by atoms with Crippen LogP contribution in [0.15, 0.2) is 67.0 Å². The first-order chi connectivity index (χ1) is 13.8. The lowest BCUT2D eigenvalue weighted by molar-refractivity contribution is -0.121. The number of hydrogen-bond acceptors (Lipinski definition) is 4. The van der Waals surface area contributed by atoms with Gasteiger partial charge >= 0.3 is 0 Å². The van der Waals surface area contributed by atoms with Crippen molar-refractivity contribution in [3.8, 4) is 5.69 Å². The summed E-state index contributed by atoms with van der Waals surface area (Å²) in [5.41, 5.74) is 2.66. The molecule has 152 valence electrons. The number of imidazole rings is 1. The van der Waals surface area contributed by atoms with E-state index >= 15 is 0 Å². The first-order valence-corrected chi connectivity index (χ1v) is 11.0. The highest BCUT2D eigenvalue weighted by atomic mass is 32.2. The molecule has 0 aliphatic carbocycles. The molecule has 0 unspecified atom stereocenters. The van der Waals surface area contributed by atoms with E-state index in [1.165, 1.54) is 4.31 Å². The summed E-state index contributed by atoms with van der Waals surface area (Å²) < 4.78 is 27.4. The van der Waals surface area contributed by atoms with E-state index in [0.717, 1.165) is 28.9 Å². The Kier molecular flexibility index (Phi) is 6.46. The van der Waals surface area contributed by atoms with Crippen LogP contribution < -0.4 is 5.32 Å². The zero-order valence-electron chi connectivity index (χ0n) is 16.4. The molecular weight excluding hydrogens is 388 g/mol. The van der Waals surface area contributed by atoms with E-state index in [4.69, 9.17) is 0 Å². The van der Waals surface area contributed by atoms with Crippen LogP contribution in [0.25, 0.3) is 5.69 Å². The second-order valence-electron chi connectivity index (χ2n) is 6.77. The summed E-state index contributed by atoms with van der Waals surface area (Å²) in [5, 5.41) is 2.83. The fourth-order valence-corrected chi connectivity index (χ4v) is 3.75. The highest BCUT2D eigenvalue weighted by Gasteiger charge is 2.20. The van der Waals surface area contributed by atoms with Crippen LogP contribution >= 0.6 is 0 Å². The van der Waals surface area contributed by atoms with Crippen molar-refractivity contribution in [2.45, 2.75) is 20.0 Å². The predicted molar refractivity (Wildman–Crippen MR) is 112 cm³/mol. The molecule has 0 radical (unpaired) electrons. The van der Waals surface area contributed by atoms with Crippen LogP contribution in [0, 0.1) is 6.92 Å². The molecule has 8 heteroatoms. The molecule has 2 aromatic carbocycles. The fourth-order valence-electron chi connectivity index (χ4n) is 3.02. The lowest BCUT2D eigenvalue weighted by atomic mass is 10.1. The van der Waals surface area contributed by atoms with Gasteiger partial charge in [0, 0.05) is 25.5 Å². The molecule has 0 aliphatic heterocycles. The highest BCUT2D eigenvalue weighted by molar-refractivity contribution is 7.88. The maximum Gasteiger partial charge on any atom is 0.235 e. The topological polar surface area (TPSA) is 84.3 Å². The summed E-state index contributed by atoms with van der Waals surface area (Å²) in [6.45, 7) is 2.11. The Hall–Kier alpha value is -2.97. The number of carbonyl (C=O) groups excluding carboxylic acids is 1. The molecule has 0 aliphatic rings. The number of para-hydroxylation sites is 1. The quantitative estimate of drug-likeness (QED) is 0.615. The standard InChI is InChI=1S/C21H24N4O3S/c1-17-22-12-13-25(17)20-11-7-6-10-19(20)14-23-21(26)16-24(29(2,27)28)15-18-8-4-3-5-9-18/h3-13H,14-16H2,1-2H3,(H,23,26). The van der Waals surface area contributed by atoms with E-state index in [9.17, 15) is 13.2 Å². The normalized spacial score (nSPS) is 11.6. The smallest absolute Gasteiger partial charge is 0.235 e. The van der Waals surface area contributed by atoms with Crippen LogP contribution in [0.4, 0.5) is 0 Å². The molecule has 7 nitrogen and oxygen atoms in total. The first kappa shape index (κ1) is 20.8. The number of benzene rings is 2. The number of nitrogens with one attached hydrogen (secondary N) is 1. The molecule has 1 amide bonds. The molecule has 1 heterocycles. The first-order valence-electron chi connectivity index (χ1n) is 9.18. The molecule has 1 N–H and O–H groups in total. The number of carbonyl (C=O) groups is 1. The van der Waals surface area contributed by atoms with Crippen LogP contribution in [0.5, 0.6) is 0 Å². The van der Waals surface area contributed by atoms with Crippen molar-refractivity contribution in [2.24, 2.45) is 0 Å². The summed E-state index contributed by atoms with van der Waals surface area (Å²) in [6.07, 6.45) is 4.69. The van der Waals surface area contributed by atoms with Gasteiger partial charge in [-0.15, -0.1) is 0 Å². The maximum atomic E-state index is 12.5. The van der Waals surface area contributed by atoms with Crippen LogP contribution in [-0.4, -0.2) is 41.0 Å². The van der Waals surface area contributed by atoms with Crippen LogP contribution in [0.3, 0.4) is 0 Å². The average Bonchev–Trinajstić information content (AvgIpc) is 3.12. The Bertz CT molecular complexity index is 1080. The Morgan fingerprint density at radius 2 is 1.79 bits per heavy atom. The number of aryl methyl sites for hydroxylation is 1. The predicted octanol–water partition coefficient (Wildman–Crippen LogP) is 2.26. The van der Waals surface area contributed by atoms with Crippen LogP contribution in [0.2, 0.25) is 0 Å². The van der Waals surface area contributed by atoms with Crippen LogP contribution in [0.1, 0.15) is 17.0 Å². The lowest BCUT2D eigenvalue weighted by Crippen LogP contribution is -2.39. The van der Waals surface area contributed by atoms with E-state index in [-0.39, 0.29) is 25.5 Å². The van der Waals surface area contributed by atoms with Gasteiger partial charge in [-0.25, -0.2) is 13.4 Å². The molecule has 0 atom stereocenters. The van der Waals surface area contributed by atoms with Crippen molar-refractivity contribution in [3.63, 3.8) is 0 Å². The van der Waals surface area contributed by atoms with Gasteiger partial charge in [0.15, 0.2) is 0 Å². The minimum Gasteiger partial charge on any atom is -0.351 e. The summed E-state index contributed by atoms with van der Waals surface area (Å²) in [6, 6.07) is 16.9. The molecule has 29 heavy (non-hydrogen) atoms. The molecule has 1 aromatic heterocycles. The number of amides is 1. The largest absolute Gasteiger partial charge is 0.351 e. The molecule has 0 spiro atoms. The number of rotatable bonds is 8. The van der Waals surface area contributed by atoms with Crippen molar-refractivity contribution >= 4 is 15.9 Å². The zero-order valence-corrected chi connectivity index (χ0v) is 17.3. The van der Waals surface area contributed by atoms with E-state index in [0.29, 0.717) is 0 Å². The minimum atomic E-state index is -3.53. The zero-order chi connectivity index (χ0) is 20.9. The van der Waals surface area contributed by atoms with Gasteiger partial charge in [0.05, 0.1) is 18.5 Å². The van der Waals surface area contributed by atoms with Gasteiger partial charge < -0.3 is 9.88 Å². The second-order valence-corrected chi connectivity index (χ2v) is 8.75. The summed E-state index contributed by atoms with van der Waals surface area (Å²) >= 11 is 0. The molecular formula is C21H24N4O3S. The second kappa shape index (κ2) is 9.02. The van der Waals surface area contributed by atoms with Gasteiger partial charge in [-0.1, -0.05) is 48.5 Å². The minimum absolute atomic E-state index is 0.151. The molecule has 3 aromatic rings. The highest BCUT2D eigenvalue weighted by Crippen LogP contribution is 2.16. The number of aromatic nitrogens is 2. The SMILES string of the molecule is Cc1nccn1-c1ccccc1CNC(=O)CN(Cc1ccccc1)S(C)(=O)=O. The molecule has 0 saturated heterocycles. The maximum absolute atomic E-state index is 12.5. The molecule has 3 rings (SSSR count). The lowest BCUT2D eigenvalue weighted by Gasteiger charge is -2.20.